The lowest BCUT2D eigenvalue weighted by Crippen LogP contribution is -2.36. The highest BCUT2D eigenvalue weighted by Crippen LogP contribution is 2.14. The van der Waals surface area contributed by atoms with Crippen molar-refractivity contribution in [3.63, 3.8) is 0 Å². The van der Waals surface area contributed by atoms with Gasteiger partial charge in [-0.05, 0) is 12.1 Å². The molecule has 1 aromatic carbocycles. The summed E-state index contributed by atoms with van der Waals surface area (Å²) in [5.41, 5.74) is 6.20. The zero-order chi connectivity index (χ0) is 15.0. The largest absolute Gasteiger partial charge is 0.492 e. The van der Waals surface area contributed by atoms with Gasteiger partial charge in [-0.15, -0.1) is 0 Å². The van der Waals surface area contributed by atoms with Gasteiger partial charge in [-0.25, -0.2) is 8.42 Å². The van der Waals surface area contributed by atoms with Crippen LogP contribution in [0.4, 0.5) is 5.69 Å². The summed E-state index contributed by atoms with van der Waals surface area (Å²) in [6.07, 6.45) is 0. The Hall–Kier alpha value is -1.31. The molecule has 1 aromatic rings. The maximum absolute atomic E-state index is 12.1. The fourth-order valence-corrected chi connectivity index (χ4v) is 2.98. The molecule has 6 nitrogen and oxygen atoms in total. The molecule has 0 heterocycles. The SMILES string of the molecule is CCN(CCOC)S(=O)(=O)CCOc1cccc(N)c1. The molecule has 0 aliphatic heterocycles. The summed E-state index contributed by atoms with van der Waals surface area (Å²) in [5.74, 6) is 0.499. The number of sulfonamides is 1. The van der Waals surface area contributed by atoms with E-state index in [-0.39, 0.29) is 12.4 Å². The van der Waals surface area contributed by atoms with Gasteiger partial charge in [0.15, 0.2) is 0 Å². The zero-order valence-corrected chi connectivity index (χ0v) is 12.7. The second kappa shape index (κ2) is 8.08. The first-order valence-corrected chi connectivity index (χ1v) is 8.05. The van der Waals surface area contributed by atoms with Crippen molar-refractivity contribution in [2.75, 3.05) is 44.9 Å². The molecular formula is C13H22N2O4S. The molecule has 1 rings (SSSR count). The number of likely N-dealkylation sites (N-methyl/N-ethyl adjacent to an activating group) is 1. The Morgan fingerprint density at radius 2 is 2.05 bits per heavy atom. The summed E-state index contributed by atoms with van der Waals surface area (Å²) in [4.78, 5) is 0. The lowest BCUT2D eigenvalue weighted by molar-refractivity contribution is 0.180. The Bertz CT molecular complexity index is 505. The minimum atomic E-state index is -3.33. The van der Waals surface area contributed by atoms with E-state index in [0.717, 1.165) is 0 Å². The quantitative estimate of drug-likeness (QED) is 0.687. The lowest BCUT2D eigenvalue weighted by atomic mass is 10.3. The summed E-state index contributed by atoms with van der Waals surface area (Å²) < 4.78 is 35.9. The van der Waals surface area contributed by atoms with Gasteiger partial charge in [-0.2, -0.15) is 4.31 Å². The number of nitrogens with two attached hydrogens (primary N) is 1. The first-order valence-electron chi connectivity index (χ1n) is 6.44. The molecule has 0 amide bonds. The maximum atomic E-state index is 12.1. The molecule has 2 N–H and O–H groups in total. The standard InChI is InChI=1S/C13H22N2O4S/c1-3-15(7-8-18-2)20(16,17)10-9-19-13-6-4-5-12(14)11-13/h4-6,11H,3,7-10,14H2,1-2H3. The van der Waals surface area contributed by atoms with E-state index in [2.05, 4.69) is 0 Å². The number of methoxy groups -OCH3 is 1. The Kier molecular flexibility index (Phi) is 6.77. The fourth-order valence-electron chi connectivity index (χ4n) is 1.69. The third kappa shape index (κ3) is 5.36. The second-order valence-electron chi connectivity index (χ2n) is 4.22. The van der Waals surface area contributed by atoms with Crippen LogP contribution in [-0.4, -0.2) is 51.9 Å². The smallest absolute Gasteiger partial charge is 0.217 e. The van der Waals surface area contributed by atoms with Gasteiger partial charge in [0, 0.05) is 32.0 Å². The van der Waals surface area contributed by atoms with Gasteiger partial charge in [-0.3, -0.25) is 0 Å². The normalized spacial score (nSPS) is 11.8. The molecule has 7 heteroatoms. The zero-order valence-electron chi connectivity index (χ0n) is 11.9. The Morgan fingerprint density at radius 1 is 1.30 bits per heavy atom. The van der Waals surface area contributed by atoms with Gasteiger partial charge < -0.3 is 15.2 Å². The molecule has 0 atom stereocenters. The van der Waals surface area contributed by atoms with Crippen molar-refractivity contribution in [3.8, 4) is 5.75 Å². The number of rotatable bonds is 9. The molecule has 0 aromatic heterocycles. The summed E-state index contributed by atoms with van der Waals surface area (Å²) in [7, 11) is -1.78. The topological polar surface area (TPSA) is 81.9 Å². The number of anilines is 1. The van der Waals surface area contributed by atoms with Gasteiger partial charge >= 0.3 is 0 Å². The predicted molar refractivity (Wildman–Crippen MR) is 79.3 cm³/mol. The van der Waals surface area contributed by atoms with Crippen molar-refractivity contribution >= 4 is 15.7 Å². The first-order chi connectivity index (χ1) is 9.49. The van der Waals surface area contributed by atoms with Crippen LogP contribution in [0, 0.1) is 0 Å². The molecule has 0 unspecified atom stereocenters. The summed E-state index contributed by atoms with van der Waals surface area (Å²) in [6.45, 7) is 3.04. The monoisotopic (exact) mass is 302 g/mol. The van der Waals surface area contributed by atoms with E-state index in [0.29, 0.717) is 31.1 Å². The van der Waals surface area contributed by atoms with E-state index in [9.17, 15) is 8.42 Å². The van der Waals surface area contributed by atoms with Gasteiger partial charge in [0.05, 0.1) is 12.4 Å². The number of hydrogen-bond acceptors (Lipinski definition) is 5. The van der Waals surface area contributed by atoms with Crippen LogP contribution in [0.5, 0.6) is 5.75 Å². The minimum absolute atomic E-state index is 0.0701. The fraction of sp³-hybridized carbons (Fsp3) is 0.538. The van der Waals surface area contributed by atoms with E-state index < -0.39 is 10.0 Å². The molecule has 0 radical (unpaired) electrons. The van der Waals surface area contributed by atoms with Crippen molar-refractivity contribution < 1.29 is 17.9 Å². The number of benzene rings is 1. The number of nitrogens with zero attached hydrogens (tertiary/aromatic N) is 1. The summed E-state index contributed by atoms with van der Waals surface area (Å²) >= 11 is 0. The average molecular weight is 302 g/mol. The van der Waals surface area contributed by atoms with Crippen LogP contribution in [-0.2, 0) is 14.8 Å². The number of ether oxygens (including phenoxy) is 2. The highest BCUT2D eigenvalue weighted by molar-refractivity contribution is 7.89. The third-order valence-corrected chi connectivity index (χ3v) is 4.67. The summed E-state index contributed by atoms with van der Waals surface area (Å²) in [5, 5.41) is 0. The highest BCUT2D eigenvalue weighted by Gasteiger charge is 2.19. The van der Waals surface area contributed by atoms with Gasteiger partial charge in [0.2, 0.25) is 10.0 Å². The van der Waals surface area contributed by atoms with Crippen molar-refractivity contribution in [1.29, 1.82) is 0 Å². The van der Waals surface area contributed by atoms with Crippen LogP contribution in [0.15, 0.2) is 24.3 Å². The van der Waals surface area contributed by atoms with E-state index >= 15 is 0 Å². The molecule has 0 aliphatic carbocycles. The first kappa shape index (κ1) is 16.7. The molecule has 0 bridgehead atoms. The van der Waals surface area contributed by atoms with Crippen molar-refractivity contribution in [3.05, 3.63) is 24.3 Å². The van der Waals surface area contributed by atoms with Crippen LogP contribution >= 0.6 is 0 Å². The molecule has 0 saturated heterocycles. The van der Waals surface area contributed by atoms with Crippen LogP contribution in [0.25, 0.3) is 0 Å². The van der Waals surface area contributed by atoms with Crippen LogP contribution in [0.2, 0.25) is 0 Å². The Labute approximate surface area is 120 Å². The van der Waals surface area contributed by atoms with E-state index in [1.54, 1.807) is 38.3 Å². The Morgan fingerprint density at radius 3 is 2.65 bits per heavy atom. The average Bonchev–Trinajstić information content (AvgIpc) is 2.39. The van der Waals surface area contributed by atoms with E-state index in [1.807, 2.05) is 0 Å². The maximum Gasteiger partial charge on any atom is 0.217 e. The van der Waals surface area contributed by atoms with Crippen LogP contribution < -0.4 is 10.5 Å². The molecule has 0 fully saturated rings. The van der Waals surface area contributed by atoms with Gasteiger partial charge in [0.1, 0.15) is 12.4 Å². The second-order valence-corrected chi connectivity index (χ2v) is 6.31. The van der Waals surface area contributed by atoms with Crippen LogP contribution in [0.1, 0.15) is 6.92 Å². The number of nitrogen functional groups attached to an aromatic ring is 1. The van der Waals surface area contributed by atoms with Crippen molar-refractivity contribution in [2.45, 2.75) is 6.92 Å². The predicted octanol–water partition coefficient (Wildman–Crippen LogP) is 0.946. The Balaban J connectivity index is 2.50. The van der Waals surface area contributed by atoms with E-state index in [4.69, 9.17) is 15.2 Å². The molecule has 20 heavy (non-hydrogen) atoms. The molecule has 0 spiro atoms. The summed E-state index contributed by atoms with van der Waals surface area (Å²) in [6, 6.07) is 6.91. The van der Waals surface area contributed by atoms with Gasteiger partial charge in [0.25, 0.3) is 0 Å². The number of hydrogen-bond donors (Lipinski definition) is 1. The van der Waals surface area contributed by atoms with E-state index in [1.165, 1.54) is 4.31 Å². The third-order valence-electron chi connectivity index (χ3n) is 2.76. The van der Waals surface area contributed by atoms with Crippen molar-refractivity contribution in [1.82, 2.24) is 4.31 Å². The van der Waals surface area contributed by atoms with Crippen molar-refractivity contribution in [2.24, 2.45) is 0 Å². The highest BCUT2D eigenvalue weighted by atomic mass is 32.2. The molecule has 114 valence electrons. The molecular weight excluding hydrogens is 280 g/mol. The molecule has 0 saturated carbocycles. The van der Waals surface area contributed by atoms with Gasteiger partial charge in [-0.1, -0.05) is 13.0 Å². The lowest BCUT2D eigenvalue weighted by Gasteiger charge is -2.20. The van der Waals surface area contributed by atoms with Crippen LogP contribution in [0.3, 0.4) is 0 Å². The minimum Gasteiger partial charge on any atom is -0.492 e. The molecule has 0 aliphatic rings.